The standard InChI is InChI=1S/C11H17NO2/c1-4-14-10-8(11(2,3)12)6-5-7-9(10)13/h5-7,13H,4,12H2,1-3H3. The predicted octanol–water partition coefficient (Wildman–Crippen LogP) is 1.98. The van der Waals surface area contributed by atoms with E-state index >= 15 is 0 Å². The molecule has 0 bridgehead atoms. The molecule has 78 valence electrons. The van der Waals surface area contributed by atoms with Gasteiger partial charge in [0.05, 0.1) is 6.61 Å². The van der Waals surface area contributed by atoms with Gasteiger partial charge in [0.15, 0.2) is 11.5 Å². The normalized spacial score (nSPS) is 11.4. The lowest BCUT2D eigenvalue weighted by atomic mass is 9.94. The van der Waals surface area contributed by atoms with E-state index in [1.54, 1.807) is 12.1 Å². The summed E-state index contributed by atoms with van der Waals surface area (Å²) in [5.74, 6) is 0.630. The first kappa shape index (κ1) is 10.9. The number of para-hydroxylation sites is 1. The molecular weight excluding hydrogens is 178 g/mol. The number of hydrogen-bond donors (Lipinski definition) is 2. The minimum absolute atomic E-state index is 0.142. The van der Waals surface area contributed by atoms with Gasteiger partial charge >= 0.3 is 0 Å². The van der Waals surface area contributed by atoms with E-state index in [-0.39, 0.29) is 5.75 Å². The first-order valence-electron chi connectivity index (χ1n) is 4.71. The van der Waals surface area contributed by atoms with Gasteiger partial charge in [0, 0.05) is 11.1 Å². The summed E-state index contributed by atoms with van der Waals surface area (Å²) >= 11 is 0. The maximum absolute atomic E-state index is 9.61. The number of ether oxygens (including phenoxy) is 1. The van der Waals surface area contributed by atoms with Gasteiger partial charge in [0.25, 0.3) is 0 Å². The fourth-order valence-electron chi connectivity index (χ4n) is 1.33. The molecule has 0 atom stereocenters. The molecule has 1 rings (SSSR count). The zero-order valence-electron chi connectivity index (χ0n) is 8.87. The molecule has 0 heterocycles. The number of aromatic hydroxyl groups is 1. The lowest BCUT2D eigenvalue weighted by molar-refractivity contribution is 0.307. The first-order valence-corrected chi connectivity index (χ1v) is 4.71. The Morgan fingerprint density at radius 1 is 1.43 bits per heavy atom. The van der Waals surface area contributed by atoms with E-state index < -0.39 is 5.54 Å². The van der Waals surface area contributed by atoms with Crippen LogP contribution in [0.4, 0.5) is 0 Å². The van der Waals surface area contributed by atoms with E-state index in [0.717, 1.165) is 5.56 Å². The molecule has 1 aromatic carbocycles. The molecule has 0 unspecified atom stereocenters. The SMILES string of the molecule is CCOc1c(O)cccc1C(C)(C)N. The highest BCUT2D eigenvalue weighted by Crippen LogP contribution is 2.35. The molecule has 0 amide bonds. The van der Waals surface area contributed by atoms with Crippen molar-refractivity contribution in [2.75, 3.05) is 6.61 Å². The van der Waals surface area contributed by atoms with Gasteiger partial charge in [-0.2, -0.15) is 0 Å². The average molecular weight is 195 g/mol. The number of phenolic OH excluding ortho intramolecular Hbond substituents is 1. The van der Waals surface area contributed by atoms with Gasteiger partial charge in [0.2, 0.25) is 0 Å². The van der Waals surface area contributed by atoms with Crippen molar-refractivity contribution in [1.82, 2.24) is 0 Å². The van der Waals surface area contributed by atoms with Crippen molar-refractivity contribution in [3.8, 4) is 11.5 Å². The molecule has 0 spiro atoms. The average Bonchev–Trinajstić information content (AvgIpc) is 2.07. The van der Waals surface area contributed by atoms with Crippen LogP contribution in [0.25, 0.3) is 0 Å². The van der Waals surface area contributed by atoms with Crippen molar-refractivity contribution in [2.45, 2.75) is 26.3 Å². The third kappa shape index (κ3) is 2.17. The summed E-state index contributed by atoms with van der Waals surface area (Å²) < 4.78 is 5.36. The molecule has 0 aromatic heterocycles. The van der Waals surface area contributed by atoms with Crippen molar-refractivity contribution in [2.24, 2.45) is 5.73 Å². The van der Waals surface area contributed by atoms with Crippen LogP contribution in [0, 0.1) is 0 Å². The van der Waals surface area contributed by atoms with E-state index in [4.69, 9.17) is 10.5 Å². The van der Waals surface area contributed by atoms with Crippen molar-refractivity contribution in [1.29, 1.82) is 0 Å². The van der Waals surface area contributed by atoms with Crippen molar-refractivity contribution < 1.29 is 9.84 Å². The Labute approximate surface area is 84.5 Å². The van der Waals surface area contributed by atoms with Crippen LogP contribution in [-0.4, -0.2) is 11.7 Å². The Hall–Kier alpha value is -1.22. The van der Waals surface area contributed by atoms with Gasteiger partial charge < -0.3 is 15.6 Å². The summed E-state index contributed by atoms with van der Waals surface area (Å²) in [5.41, 5.74) is 6.27. The van der Waals surface area contributed by atoms with Crippen molar-refractivity contribution in [3.63, 3.8) is 0 Å². The zero-order valence-corrected chi connectivity index (χ0v) is 8.87. The van der Waals surface area contributed by atoms with Crippen molar-refractivity contribution in [3.05, 3.63) is 23.8 Å². The molecule has 0 saturated carbocycles. The smallest absolute Gasteiger partial charge is 0.165 e. The maximum atomic E-state index is 9.61. The molecular formula is C11H17NO2. The van der Waals surface area contributed by atoms with Crippen molar-refractivity contribution >= 4 is 0 Å². The quantitative estimate of drug-likeness (QED) is 0.775. The highest BCUT2D eigenvalue weighted by atomic mass is 16.5. The molecule has 0 radical (unpaired) electrons. The van der Waals surface area contributed by atoms with Crippen LogP contribution in [0.3, 0.4) is 0 Å². The van der Waals surface area contributed by atoms with Crippen LogP contribution < -0.4 is 10.5 Å². The summed E-state index contributed by atoms with van der Waals surface area (Å²) in [5, 5.41) is 9.61. The van der Waals surface area contributed by atoms with Crippen LogP contribution >= 0.6 is 0 Å². The molecule has 3 heteroatoms. The highest BCUT2D eigenvalue weighted by molar-refractivity contribution is 5.48. The van der Waals surface area contributed by atoms with E-state index in [1.165, 1.54) is 0 Å². The van der Waals surface area contributed by atoms with Crippen LogP contribution in [0.2, 0.25) is 0 Å². The number of rotatable bonds is 3. The molecule has 0 aliphatic heterocycles. The summed E-state index contributed by atoms with van der Waals surface area (Å²) in [6.07, 6.45) is 0. The van der Waals surface area contributed by atoms with Gasteiger partial charge in [-0.1, -0.05) is 12.1 Å². The number of nitrogens with two attached hydrogens (primary N) is 1. The fourth-order valence-corrected chi connectivity index (χ4v) is 1.33. The lowest BCUT2D eigenvalue weighted by Crippen LogP contribution is -2.29. The maximum Gasteiger partial charge on any atom is 0.165 e. The Bertz CT molecular complexity index is 316. The number of hydrogen-bond acceptors (Lipinski definition) is 3. The lowest BCUT2D eigenvalue weighted by Gasteiger charge is -2.22. The first-order chi connectivity index (χ1) is 6.46. The summed E-state index contributed by atoms with van der Waals surface area (Å²) in [6, 6.07) is 5.23. The van der Waals surface area contributed by atoms with E-state index in [9.17, 15) is 5.11 Å². The topological polar surface area (TPSA) is 55.5 Å². The number of benzene rings is 1. The van der Waals surface area contributed by atoms with E-state index in [2.05, 4.69) is 0 Å². The van der Waals surface area contributed by atoms with Crippen LogP contribution in [-0.2, 0) is 5.54 Å². The van der Waals surface area contributed by atoms with Gasteiger partial charge in [-0.25, -0.2) is 0 Å². The monoisotopic (exact) mass is 195 g/mol. The minimum atomic E-state index is -0.511. The second-order valence-corrected chi connectivity index (χ2v) is 3.81. The van der Waals surface area contributed by atoms with Gasteiger partial charge in [-0.15, -0.1) is 0 Å². The second-order valence-electron chi connectivity index (χ2n) is 3.81. The minimum Gasteiger partial charge on any atom is -0.504 e. The molecule has 0 saturated heterocycles. The second kappa shape index (κ2) is 3.88. The van der Waals surface area contributed by atoms with Crippen LogP contribution in [0.5, 0.6) is 11.5 Å². The molecule has 0 fully saturated rings. The molecule has 0 aliphatic carbocycles. The number of phenols is 1. The summed E-state index contributed by atoms with van der Waals surface area (Å²) in [4.78, 5) is 0. The molecule has 3 N–H and O–H groups in total. The molecule has 14 heavy (non-hydrogen) atoms. The third-order valence-corrected chi connectivity index (χ3v) is 1.98. The predicted molar refractivity (Wildman–Crippen MR) is 56.5 cm³/mol. The molecule has 3 nitrogen and oxygen atoms in total. The van der Waals surface area contributed by atoms with Gasteiger partial charge in [0.1, 0.15) is 0 Å². The Kier molecular flexibility index (Phi) is 3.01. The molecule has 1 aromatic rings. The van der Waals surface area contributed by atoms with Crippen LogP contribution in [0.1, 0.15) is 26.3 Å². The van der Waals surface area contributed by atoms with Gasteiger partial charge in [-0.3, -0.25) is 0 Å². The molecule has 0 aliphatic rings. The third-order valence-electron chi connectivity index (χ3n) is 1.98. The Morgan fingerprint density at radius 3 is 2.57 bits per heavy atom. The van der Waals surface area contributed by atoms with Crippen LogP contribution in [0.15, 0.2) is 18.2 Å². The van der Waals surface area contributed by atoms with Gasteiger partial charge in [-0.05, 0) is 26.8 Å². The van der Waals surface area contributed by atoms with E-state index in [0.29, 0.717) is 12.4 Å². The fraction of sp³-hybridized carbons (Fsp3) is 0.455. The summed E-state index contributed by atoms with van der Waals surface area (Å²) in [7, 11) is 0. The Balaban J connectivity index is 3.21. The zero-order chi connectivity index (χ0) is 10.8. The highest BCUT2D eigenvalue weighted by Gasteiger charge is 2.21. The van der Waals surface area contributed by atoms with E-state index in [1.807, 2.05) is 26.8 Å². The Morgan fingerprint density at radius 2 is 2.07 bits per heavy atom. The summed E-state index contributed by atoms with van der Waals surface area (Å²) in [6.45, 7) is 6.15. The largest absolute Gasteiger partial charge is 0.504 e.